The minimum absolute atomic E-state index is 0.0656. The second-order valence-corrected chi connectivity index (χ2v) is 6.95. The first kappa shape index (κ1) is 15.2. The van der Waals surface area contributed by atoms with Crippen molar-refractivity contribution < 1.29 is 27.1 Å². The van der Waals surface area contributed by atoms with Crippen LogP contribution in [0.25, 0.3) is 0 Å². The molecule has 2 aliphatic rings. The number of alkyl halides is 3. The molecule has 1 saturated carbocycles. The van der Waals surface area contributed by atoms with Gasteiger partial charge in [0.05, 0.1) is 5.41 Å². The maximum absolute atomic E-state index is 12.6. The molecule has 122 valence electrons. The second kappa shape index (κ2) is 4.39. The molecule has 3 rings (SSSR count). The number of carbonyl (C=O) groups is 1. The minimum Gasteiger partial charge on any atom is -0.448 e. The van der Waals surface area contributed by atoms with Gasteiger partial charge >= 0.3 is 12.3 Å². The maximum atomic E-state index is 12.6. The van der Waals surface area contributed by atoms with Gasteiger partial charge in [0.1, 0.15) is 11.9 Å². The van der Waals surface area contributed by atoms with Crippen LogP contribution in [0.2, 0.25) is 0 Å². The van der Waals surface area contributed by atoms with Crippen LogP contribution < -0.4 is 0 Å². The molecule has 1 aliphatic heterocycles. The third-order valence-corrected chi connectivity index (χ3v) is 4.02. The lowest BCUT2D eigenvalue weighted by atomic mass is 10.1. The fourth-order valence-corrected chi connectivity index (χ4v) is 2.91. The van der Waals surface area contributed by atoms with Gasteiger partial charge in [-0.25, -0.2) is 9.78 Å². The highest BCUT2D eigenvalue weighted by molar-refractivity contribution is 5.69. The van der Waals surface area contributed by atoms with Gasteiger partial charge in [0.2, 0.25) is 5.89 Å². The lowest BCUT2D eigenvalue weighted by molar-refractivity contribution is -0.141. The first-order valence-electron chi connectivity index (χ1n) is 7.02. The molecule has 2 unspecified atom stereocenters. The number of halogens is 3. The van der Waals surface area contributed by atoms with Gasteiger partial charge < -0.3 is 14.1 Å². The number of hydrogen-bond donors (Lipinski definition) is 0. The van der Waals surface area contributed by atoms with E-state index in [2.05, 4.69) is 4.98 Å². The Morgan fingerprint density at radius 2 is 2.14 bits per heavy atom. The van der Waals surface area contributed by atoms with E-state index in [0.717, 1.165) is 0 Å². The Labute approximate surface area is 125 Å². The van der Waals surface area contributed by atoms with E-state index in [1.165, 1.54) is 4.90 Å². The molecular formula is C14H17F3N2O3. The number of amides is 1. The van der Waals surface area contributed by atoms with Crippen molar-refractivity contribution in [1.82, 2.24) is 9.88 Å². The summed E-state index contributed by atoms with van der Waals surface area (Å²) in [5.74, 6) is 0.149. The van der Waals surface area contributed by atoms with Crippen LogP contribution in [0.4, 0.5) is 18.0 Å². The van der Waals surface area contributed by atoms with Crippen LogP contribution in [0, 0.1) is 5.92 Å². The summed E-state index contributed by atoms with van der Waals surface area (Å²) in [6, 6.07) is 0. The smallest absolute Gasteiger partial charge is 0.436 e. The molecule has 0 bridgehead atoms. The van der Waals surface area contributed by atoms with E-state index >= 15 is 0 Å². The summed E-state index contributed by atoms with van der Waals surface area (Å²) in [7, 11) is 0. The van der Waals surface area contributed by atoms with Crippen molar-refractivity contribution in [2.45, 2.75) is 44.4 Å². The van der Waals surface area contributed by atoms with E-state index in [1.54, 1.807) is 20.8 Å². The van der Waals surface area contributed by atoms with Crippen LogP contribution >= 0.6 is 0 Å². The number of hydrogen-bond acceptors (Lipinski definition) is 4. The van der Waals surface area contributed by atoms with Crippen LogP contribution in [0.5, 0.6) is 0 Å². The van der Waals surface area contributed by atoms with Crippen molar-refractivity contribution in [3.8, 4) is 0 Å². The molecular weight excluding hydrogens is 301 g/mol. The Bertz CT molecular complexity index is 605. The predicted octanol–water partition coefficient (Wildman–Crippen LogP) is 3.20. The molecule has 2 fully saturated rings. The fourth-order valence-electron chi connectivity index (χ4n) is 2.91. The number of piperidine rings is 1. The van der Waals surface area contributed by atoms with E-state index < -0.39 is 29.0 Å². The van der Waals surface area contributed by atoms with Crippen molar-refractivity contribution in [3.05, 3.63) is 17.8 Å². The highest BCUT2D eigenvalue weighted by Crippen LogP contribution is 2.59. The molecule has 1 saturated heterocycles. The standard InChI is InChI=1S/C14H17F3N2O3/c1-12(2,3)22-11(20)19-5-8-4-13(8,7-19)10-18-9(6-21-10)14(15,16)17/h6,8H,4-5,7H2,1-3H3. The van der Waals surface area contributed by atoms with Crippen molar-refractivity contribution in [1.29, 1.82) is 0 Å². The number of rotatable bonds is 1. The second-order valence-electron chi connectivity index (χ2n) is 6.95. The van der Waals surface area contributed by atoms with Gasteiger partial charge in [-0.2, -0.15) is 13.2 Å². The molecule has 0 N–H and O–H groups in total. The number of aromatic nitrogens is 1. The minimum atomic E-state index is -4.52. The van der Waals surface area contributed by atoms with Crippen molar-refractivity contribution in [2.24, 2.45) is 5.92 Å². The van der Waals surface area contributed by atoms with Gasteiger partial charge in [0.25, 0.3) is 0 Å². The molecule has 5 nitrogen and oxygen atoms in total. The Morgan fingerprint density at radius 1 is 1.45 bits per heavy atom. The molecule has 1 aromatic heterocycles. The summed E-state index contributed by atoms with van der Waals surface area (Å²) in [6.07, 6.45) is -3.66. The molecule has 8 heteroatoms. The summed E-state index contributed by atoms with van der Waals surface area (Å²) in [6.45, 7) is 6.03. The number of oxazole rings is 1. The highest BCUT2D eigenvalue weighted by atomic mass is 19.4. The average molecular weight is 318 g/mol. The Morgan fingerprint density at radius 3 is 2.68 bits per heavy atom. The summed E-state index contributed by atoms with van der Waals surface area (Å²) in [5.41, 5.74) is -2.22. The predicted molar refractivity (Wildman–Crippen MR) is 69.1 cm³/mol. The van der Waals surface area contributed by atoms with E-state index in [-0.39, 0.29) is 18.4 Å². The molecule has 2 heterocycles. The highest BCUT2D eigenvalue weighted by Gasteiger charge is 2.65. The van der Waals surface area contributed by atoms with E-state index in [1.807, 2.05) is 0 Å². The topological polar surface area (TPSA) is 55.6 Å². The Balaban J connectivity index is 1.72. The molecule has 0 radical (unpaired) electrons. The lowest BCUT2D eigenvalue weighted by Gasteiger charge is -2.25. The molecule has 1 amide bonds. The van der Waals surface area contributed by atoms with Gasteiger partial charge in [-0.3, -0.25) is 0 Å². The third-order valence-electron chi connectivity index (χ3n) is 4.02. The summed E-state index contributed by atoms with van der Waals surface area (Å²) < 4.78 is 48.2. The SMILES string of the molecule is CC(C)(C)OC(=O)N1CC2CC2(c2nc(C(F)(F)F)co2)C1. The van der Waals surface area contributed by atoms with Crippen molar-refractivity contribution in [3.63, 3.8) is 0 Å². The number of nitrogens with zero attached hydrogens (tertiary/aromatic N) is 2. The third kappa shape index (κ3) is 2.55. The zero-order chi connectivity index (χ0) is 16.3. The summed E-state index contributed by atoms with van der Waals surface area (Å²) >= 11 is 0. The quantitative estimate of drug-likeness (QED) is 0.798. The van der Waals surface area contributed by atoms with Gasteiger partial charge in [0, 0.05) is 13.1 Å². The van der Waals surface area contributed by atoms with Crippen LogP contribution in [0.3, 0.4) is 0 Å². The molecule has 0 aromatic carbocycles. The molecule has 2 atom stereocenters. The summed E-state index contributed by atoms with van der Waals surface area (Å²) in [5, 5.41) is 0. The summed E-state index contributed by atoms with van der Waals surface area (Å²) in [4.78, 5) is 17.1. The van der Waals surface area contributed by atoms with Gasteiger partial charge in [0.15, 0.2) is 5.69 Å². The first-order chi connectivity index (χ1) is 10.0. The maximum Gasteiger partial charge on any atom is 0.436 e. The molecule has 1 aromatic rings. The zero-order valence-corrected chi connectivity index (χ0v) is 12.5. The molecule has 1 aliphatic carbocycles. The van der Waals surface area contributed by atoms with Gasteiger partial charge in [-0.1, -0.05) is 0 Å². The van der Waals surface area contributed by atoms with Crippen molar-refractivity contribution in [2.75, 3.05) is 13.1 Å². The normalized spacial score (nSPS) is 27.7. The first-order valence-corrected chi connectivity index (χ1v) is 7.02. The van der Waals surface area contributed by atoms with Crippen LogP contribution in [0.15, 0.2) is 10.7 Å². The van der Waals surface area contributed by atoms with E-state index in [9.17, 15) is 18.0 Å². The molecule has 0 spiro atoms. The van der Waals surface area contributed by atoms with Crippen LogP contribution in [-0.4, -0.2) is 34.7 Å². The Kier molecular flexibility index (Phi) is 3.03. The number of ether oxygens (including phenoxy) is 1. The number of likely N-dealkylation sites (tertiary alicyclic amines) is 1. The zero-order valence-electron chi connectivity index (χ0n) is 12.5. The van der Waals surface area contributed by atoms with E-state index in [0.29, 0.717) is 19.2 Å². The Hall–Kier alpha value is -1.73. The largest absolute Gasteiger partial charge is 0.448 e. The average Bonchev–Trinajstić information content (AvgIpc) is 2.79. The number of carbonyl (C=O) groups excluding carboxylic acids is 1. The van der Waals surface area contributed by atoms with Gasteiger partial charge in [-0.05, 0) is 33.1 Å². The van der Waals surface area contributed by atoms with Crippen molar-refractivity contribution >= 4 is 6.09 Å². The van der Waals surface area contributed by atoms with Gasteiger partial charge in [-0.15, -0.1) is 0 Å². The van der Waals surface area contributed by atoms with Crippen LogP contribution in [0.1, 0.15) is 38.8 Å². The monoisotopic (exact) mass is 318 g/mol. The van der Waals surface area contributed by atoms with E-state index in [4.69, 9.17) is 9.15 Å². The number of fused-ring (bicyclic) bond motifs is 1. The lowest BCUT2D eigenvalue weighted by Crippen LogP contribution is -2.37. The van der Waals surface area contributed by atoms with Crippen LogP contribution in [-0.2, 0) is 16.3 Å². The fraction of sp³-hybridized carbons (Fsp3) is 0.714. The molecule has 22 heavy (non-hydrogen) atoms.